The molecule has 0 aliphatic carbocycles. The summed E-state index contributed by atoms with van der Waals surface area (Å²) in [5.74, 6) is 0.358. The maximum Gasteiger partial charge on any atom is 0.314 e. The number of nitrogens with one attached hydrogen (secondary N) is 1. The van der Waals surface area contributed by atoms with Gasteiger partial charge in [0.1, 0.15) is 10.8 Å². The second-order valence-corrected chi connectivity index (χ2v) is 10.4. The van der Waals surface area contributed by atoms with Crippen molar-refractivity contribution in [2.75, 3.05) is 32.8 Å². The molecule has 0 spiro atoms. The Morgan fingerprint density at radius 1 is 1.24 bits per heavy atom. The topological polar surface area (TPSA) is 85.9 Å². The highest BCUT2D eigenvalue weighted by molar-refractivity contribution is 7.89. The van der Waals surface area contributed by atoms with Gasteiger partial charge in [0.15, 0.2) is 6.67 Å². The molecule has 0 radical (unpaired) electrons. The SMILES string of the molecule is CCOC(=O)[C@@H]1CCC[NH+](Cn2nc(C)c(S(=O)(=O)N3CCC(C)CC3)c2C)C1. The average Bonchev–Trinajstić information content (AvgIpc) is 2.96. The molecule has 29 heavy (non-hydrogen) atoms. The van der Waals surface area contributed by atoms with E-state index in [1.165, 1.54) is 4.90 Å². The van der Waals surface area contributed by atoms with E-state index in [2.05, 4.69) is 12.0 Å². The highest BCUT2D eigenvalue weighted by atomic mass is 32.2. The average molecular weight is 428 g/mol. The van der Waals surface area contributed by atoms with Crippen LogP contribution in [-0.2, 0) is 26.2 Å². The van der Waals surface area contributed by atoms with Crippen molar-refractivity contribution in [3.8, 4) is 0 Å². The Morgan fingerprint density at radius 3 is 2.59 bits per heavy atom. The molecule has 0 bridgehead atoms. The lowest BCUT2D eigenvalue weighted by Crippen LogP contribution is -3.13. The molecule has 1 aromatic rings. The van der Waals surface area contributed by atoms with E-state index in [1.807, 2.05) is 13.8 Å². The third kappa shape index (κ3) is 4.83. The van der Waals surface area contributed by atoms with E-state index in [-0.39, 0.29) is 11.9 Å². The summed E-state index contributed by atoms with van der Waals surface area (Å²) in [5.41, 5.74) is 1.24. The highest BCUT2D eigenvalue weighted by Gasteiger charge is 2.34. The van der Waals surface area contributed by atoms with Crippen molar-refractivity contribution in [3.63, 3.8) is 0 Å². The summed E-state index contributed by atoms with van der Waals surface area (Å²) >= 11 is 0. The number of hydrogen-bond acceptors (Lipinski definition) is 5. The molecule has 1 aromatic heterocycles. The van der Waals surface area contributed by atoms with Crippen molar-refractivity contribution in [1.29, 1.82) is 0 Å². The van der Waals surface area contributed by atoms with E-state index in [0.717, 1.165) is 32.2 Å². The molecule has 0 saturated carbocycles. The van der Waals surface area contributed by atoms with E-state index >= 15 is 0 Å². The molecule has 0 aromatic carbocycles. The summed E-state index contributed by atoms with van der Waals surface area (Å²) < 4.78 is 35.1. The number of aryl methyl sites for hydroxylation is 1. The van der Waals surface area contributed by atoms with Crippen LogP contribution in [0, 0.1) is 25.7 Å². The van der Waals surface area contributed by atoms with Crippen molar-refractivity contribution >= 4 is 16.0 Å². The van der Waals surface area contributed by atoms with Crippen molar-refractivity contribution < 1.29 is 22.8 Å². The van der Waals surface area contributed by atoms with Gasteiger partial charge in [0.05, 0.1) is 31.1 Å². The van der Waals surface area contributed by atoms with Gasteiger partial charge in [-0.05, 0) is 52.4 Å². The Morgan fingerprint density at radius 2 is 1.93 bits per heavy atom. The van der Waals surface area contributed by atoms with Gasteiger partial charge in [-0.3, -0.25) is 4.79 Å². The van der Waals surface area contributed by atoms with Crippen LogP contribution < -0.4 is 4.90 Å². The monoisotopic (exact) mass is 427 g/mol. The maximum atomic E-state index is 13.3. The Kier molecular flexibility index (Phi) is 7.01. The summed E-state index contributed by atoms with van der Waals surface area (Å²) in [5, 5.41) is 4.56. The number of likely N-dealkylation sites (tertiary alicyclic amines) is 1. The Bertz CT molecular complexity index is 828. The van der Waals surface area contributed by atoms with E-state index in [0.29, 0.717) is 55.1 Å². The van der Waals surface area contributed by atoms with Gasteiger partial charge in [-0.25, -0.2) is 13.1 Å². The van der Waals surface area contributed by atoms with Gasteiger partial charge >= 0.3 is 5.97 Å². The maximum absolute atomic E-state index is 13.3. The zero-order chi connectivity index (χ0) is 21.2. The van der Waals surface area contributed by atoms with Crippen molar-refractivity contribution in [3.05, 3.63) is 11.4 Å². The summed E-state index contributed by atoms with van der Waals surface area (Å²) in [4.78, 5) is 13.7. The number of esters is 1. The van der Waals surface area contributed by atoms with Crippen LogP contribution in [0.2, 0.25) is 0 Å². The van der Waals surface area contributed by atoms with Crippen LogP contribution in [0.4, 0.5) is 0 Å². The van der Waals surface area contributed by atoms with Crippen molar-refractivity contribution in [1.82, 2.24) is 14.1 Å². The van der Waals surface area contributed by atoms with Crippen LogP contribution in [0.15, 0.2) is 4.90 Å². The van der Waals surface area contributed by atoms with Crippen LogP contribution in [-0.4, -0.2) is 61.3 Å². The Balaban J connectivity index is 1.75. The fourth-order valence-corrected chi connectivity index (χ4v) is 6.37. The van der Waals surface area contributed by atoms with Crippen LogP contribution in [0.5, 0.6) is 0 Å². The fourth-order valence-electron chi connectivity index (χ4n) is 4.53. The molecule has 3 heterocycles. The molecule has 3 rings (SSSR count). The molecular formula is C20H35N4O4S+. The number of ether oxygens (including phenoxy) is 1. The molecule has 2 atom stereocenters. The standard InChI is InChI=1S/C20H34N4O4S/c1-5-28-20(25)18-7-6-10-22(13-18)14-24-17(4)19(16(3)21-24)29(26,27)23-11-8-15(2)9-12-23/h15,18H,5-14H2,1-4H3/p+1/t18-/m1/s1. The van der Waals surface area contributed by atoms with Gasteiger partial charge in [0, 0.05) is 13.1 Å². The summed E-state index contributed by atoms with van der Waals surface area (Å²) in [6.07, 6.45) is 3.61. The summed E-state index contributed by atoms with van der Waals surface area (Å²) in [6.45, 7) is 11.4. The Labute approximate surface area is 174 Å². The minimum Gasteiger partial charge on any atom is -0.466 e. The summed E-state index contributed by atoms with van der Waals surface area (Å²) in [6, 6.07) is 0. The predicted octanol–water partition coefficient (Wildman–Crippen LogP) is 0.736. The molecule has 0 amide bonds. The second-order valence-electron chi connectivity index (χ2n) is 8.54. The van der Waals surface area contributed by atoms with E-state index in [9.17, 15) is 13.2 Å². The molecule has 164 valence electrons. The van der Waals surface area contributed by atoms with E-state index in [4.69, 9.17) is 4.74 Å². The van der Waals surface area contributed by atoms with Crippen LogP contribution in [0.25, 0.3) is 0 Å². The quantitative estimate of drug-likeness (QED) is 0.677. The number of quaternary nitrogens is 1. The van der Waals surface area contributed by atoms with Gasteiger partial charge in [-0.15, -0.1) is 0 Å². The zero-order valence-electron chi connectivity index (χ0n) is 18.1. The first-order valence-corrected chi connectivity index (χ1v) is 12.2. The number of carbonyl (C=O) groups excluding carboxylic acids is 1. The molecule has 2 saturated heterocycles. The third-order valence-corrected chi connectivity index (χ3v) is 8.42. The normalized spacial score (nSPS) is 24.6. The van der Waals surface area contributed by atoms with Crippen LogP contribution >= 0.6 is 0 Å². The number of carbonyl (C=O) groups is 1. The molecule has 2 aliphatic rings. The van der Waals surface area contributed by atoms with Gasteiger partial charge < -0.3 is 9.64 Å². The number of aromatic nitrogens is 2. The number of sulfonamides is 1. The molecule has 8 nitrogen and oxygen atoms in total. The van der Waals surface area contributed by atoms with E-state index < -0.39 is 10.0 Å². The Hall–Kier alpha value is -1.45. The molecule has 2 fully saturated rings. The molecular weight excluding hydrogens is 392 g/mol. The predicted molar refractivity (Wildman–Crippen MR) is 109 cm³/mol. The first-order valence-electron chi connectivity index (χ1n) is 10.8. The van der Waals surface area contributed by atoms with Crippen molar-refractivity contribution in [2.45, 2.75) is 64.9 Å². The highest BCUT2D eigenvalue weighted by Crippen LogP contribution is 2.27. The lowest BCUT2D eigenvalue weighted by molar-refractivity contribution is -0.930. The smallest absolute Gasteiger partial charge is 0.314 e. The molecule has 1 N–H and O–H groups in total. The number of rotatable bonds is 6. The van der Waals surface area contributed by atoms with Gasteiger partial charge in [0.25, 0.3) is 0 Å². The van der Waals surface area contributed by atoms with Gasteiger partial charge in [-0.2, -0.15) is 9.40 Å². The zero-order valence-corrected chi connectivity index (χ0v) is 18.9. The minimum absolute atomic E-state index is 0.0887. The molecule has 9 heteroatoms. The summed E-state index contributed by atoms with van der Waals surface area (Å²) in [7, 11) is -3.53. The largest absolute Gasteiger partial charge is 0.466 e. The van der Waals surface area contributed by atoms with Crippen LogP contribution in [0.3, 0.4) is 0 Å². The first-order chi connectivity index (χ1) is 13.7. The first kappa shape index (κ1) is 22.2. The minimum atomic E-state index is -3.53. The third-order valence-electron chi connectivity index (χ3n) is 6.27. The van der Waals surface area contributed by atoms with E-state index in [1.54, 1.807) is 15.9 Å². The lowest BCUT2D eigenvalue weighted by atomic mass is 9.99. The lowest BCUT2D eigenvalue weighted by Gasteiger charge is -2.30. The molecule has 1 unspecified atom stereocenters. The number of piperidine rings is 2. The number of hydrogen-bond donors (Lipinski definition) is 1. The second kappa shape index (κ2) is 9.14. The molecule has 2 aliphatic heterocycles. The van der Waals surface area contributed by atoms with Gasteiger partial charge in [-0.1, -0.05) is 6.92 Å². The number of nitrogens with zero attached hydrogens (tertiary/aromatic N) is 3. The van der Waals surface area contributed by atoms with Crippen molar-refractivity contribution in [2.24, 2.45) is 11.8 Å². The van der Waals surface area contributed by atoms with Crippen LogP contribution in [0.1, 0.15) is 50.9 Å². The van der Waals surface area contributed by atoms with Gasteiger partial charge in [0.2, 0.25) is 10.0 Å². The fraction of sp³-hybridized carbons (Fsp3) is 0.800.